The van der Waals surface area contributed by atoms with E-state index in [1.165, 1.54) is 0 Å². The second kappa shape index (κ2) is 6.87. The van der Waals surface area contributed by atoms with Crippen molar-refractivity contribution in [2.24, 2.45) is 5.73 Å². The Morgan fingerprint density at radius 2 is 1.70 bits per heavy atom. The molecule has 0 fully saturated rings. The predicted octanol–water partition coefficient (Wildman–Crippen LogP) is 2.62. The molecule has 0 amide bonds. The summed E-state index contributed by atoms with van der Waals surface area (Å²) in [6.45, 7) is 0.541. The third-order valence-corrected chi connectivity index (χ3v) is 3.27. The van der Waals surface area contributed by atoms with Crippen molar-refractivity contribution in [3.63, 3.8) is 0 Å². The van der Waals surface area contributed by atoms with E-state index >= 15 is 0 Å². The first-order chi connectivity index (χ1) is 9.76. The van der Waals surface area contributed by atoms with Crippen molar-refractivity contribution in [2.45, 2.75) is 12.8 Å². The molecule has 0 spiro atoms. The number of benzene rings is 2. The fraction of sp³-hybridized carbons (Fsp3) is 0.235. The zero-order chi connectivity index (χ0) is 14.4. The smallest absolute Gasteiger partial charge is 0.167 e. The molecule has 0 bridgehead atoms. The molecule has 2 aromatic carbocycles. The topological polar surface area (TPSA) is 52.3 Å². The zero-order valence-electron chi connectivity index (χ0n) is 11.6. The average Bonchev–Trinajstić information content (AvgIpc) is 2.48. The highest BCUT2D eigenvalue weighted by Gasteiger charge is 2.13. The fourth-order valence-corrected chi connectivity index (χ4v) is 2.28. The Hall–Kier alpha value is -2.13. The predicted molar refractivity (Wildman–Crippen MR) is 80.2 cm³/mol. The number of methoxy groups -OCH3 is 1. The minimum atomic E-state index is 0.0959. The third kappa shape index (κ3) is 3.25. The van der Waals surface area contributed by atoms with Crippen molar-refractivity contribution < 1.29 is 9.53 Å². The van der Waals surface area contributed by atoms with Crippen molar-refractivity contribution in [2.75, 3.05) is 13.7 Å². The summed E-state index contributed by atoms with van der Waals surface area (Å²) in [6, 6.07) is 15.2. The molecule has 0 aliphatic carbocycles. The van der Waals surface area contributed by atoms with Gasteiger partial charge in [0.1, 0.15) is 5.75 Å². The molecule has 0 heterocycles. The van der Waals surface area contributed by atoms with E-state index in [1.807, 2.05) is 48.5 Å². The van der Waals surface area contributed by atoms with Crippen LogP contribution in [0.5, 0.6) is 5.75 Å². The summed E-state index contributed by atoms with van der Waals surface area (Å²) in [7, 11) is 1.62. The van der Waals surface area contributed by atoms with Gasteiger partial charge in [0.05, 0.1) is 7.11 Å². The molecule has 0 saturated carbocycles. The lowest BCUT2D eigenvalue weighted by atomic mass is 9.96. The zero-order valence-corrected chi connectivity index (χ0v) is 11.6. The molecule has 104 valence electrons. The van der Waals surface area contributed by atoms with Crippen LogP contribution in [0.2, 0.25) is 0 Å². The number of carbonyl (C=O) groups excluding carboxylic acids is 1. The van der Waals surface area contributed by atoms with Gasteiger partial charge in [-0.3, -0.25) is 4.79 Å². The molecule has 0 saturated heterocycles. The maximum atomic E-state index is 12.5. The van der Waals surface area contributed by atoms with E-state index < -0.39 is 0 Å². The first-order valence-corrected chi connectivity index (χ1v) is 6.69. The molecular formula is C17H19NO2. The molecule has 0 radical (unpaired) electrons. The largest absolute Gasteiger partial charge is 0.496 e. The fourth-order valence-electron chi connectivity index (χ4n) is 2.28. The van der Waals surface area contributed by atoms with Gasteiger partial charge < -0.3 is 10.5 Å². The summed E-state index contributed by atoms with van der Waals surface area (Å²) in [5.74, 6) is 0.843. The molecule has 2 rings (SSSR count). The van der Waals surface area contributed by atoms with Crippen LogP contribution in [0.25, 0.3) is 0 Å². The van der Waals surface area contributed by atoms with Crippen LogP contribution >= 0.6 is 0 Å². The Labute approximate surface area is 119 Å². The van der Waals surface area contributed by atoms with Gasteiger partial charge in [0.2, 0.25) is 0 Å². The number of carbonyl (C=O) groups is 1. The molecule has 20 heavy (non-hydrogen) atoms. The Kier molecular flexibility index (Phi) is 4.91. The van der Waals surface area contributed by atoms with Crippen molar-refractivity contribution in [1.82, 2.24) is 0 Å². The molecule has 0 aliphatic rings. The van der Waals surface area contributed by atoms with Gasteiger partial charge >= 0.3 is 0 Å². The van der Waals surface area contributed by atoms with Crippen molar-refractivity contribution in [1.29, 1.82) is 0 Å². The number of para-hydroxylation sites is 1. The number of hydrogen-bond acceptors (Lipinski definition) is 3. The molecule has 3 nitrogen and oxygen atoms in total. The third-order valence-electron chi connectivity index (χ3n) is 3.27. The Morgan fingerprint density at radius 3 is 2.40 bits per heavy atom. The molecule has 0 aromatic heterocycles. The lowest BCUT2D eigenvalue weighted by Crippen LogP contribution is -2.11. The van der Waals surface area contributed by atoms with Gasteiger partial charge in [-0.25, -0.2) is 0 Å². The van der Waals surface area contributed by atoms with Gasteiger partial charge in [0, 0.05) is 17.5 Å². The quantitative estimate of drug-likeness (QED) is 0.820. The van der Waals surface area contributed by atoms with Gasteiger partial charge in [-0.15, -0.1) is 0 Å². The van der Waals surface area contributed by atoms with E-state index in [4.69, 9.17) is 10.5 Å². The van der Waals surface area contributed by atoms with Gasteiger partial charge in [-0.05, 0) is 24.6 Å². The Balaban J connectivity index is 2.24. The number of hydrogen-bond donors (Lipinski definition) is 1. The summed E-state index contributed by atoms with van der Waals surface area (Å²) in [5.41, 5.74) is 8.26. The van der Waals surface area contributed by atoms with Crippen molar-refractivity contribution >= 4 is 5.78 Å². The molecule has 0 aliphatic heterocycles. The maximum Gasteiger partial charge on any atom is 0.167 e. The van der Waals surface area contributed by atoms with Gasteiger partial charge in [0.25, 0.3) is 0 Å². The number of ketones is 1. The van der Waals surface area contributed by atoms with Crippen LogP contribution in [0.1, 0.15) is 21.5 Å². The second-order valence-corrected chi connectivity index (χ2v) is 4.61. The highest BCUT2D eigenvalue weighted by molar-refractivity contribution is 5.99. The average molecular weight is 269 g/mol. The van der Waals surface area contributed by atoms with Gasteiger partial charge in [-0.2, -0.15) is 0 Å². The molecule has 3 heteroatoms. The van der Waals surface area contributed by atoms with E-state index in [9.17, 15) is 4.79 Å². The first-order valence-electron chi connectivity index (χ1n) is 6.69. The van der Waals surface area contributed by atoms with Gasteiger partial charge in [0.15, 0.2) is 5.78 Å². The van der Waals surface area contributed by atoms with E-state index in [0.29, 0.717) is 19.4 Å². The molecule has 2 aromatic rings. The summed E-state index contributed by atoms with van der Waals surface area (Å²) in [4.78, 5) is 12.5. The number of nitrogens with two attached hydrogens (primary N) is 1. The highest BCUT2D eigenvalue weighted by Crippen LogP contribution is 2.20. The van der Waals surface area contributed by atoms with E-state index in [0.717, 1.165) is 22.4 Å². The van der Waals surface area contributed by atoms with Crippen LogP contribution < -0.4 is 10.5 Å². The number of ether oxygens (including phenoxy) is 1. The van der Waals surface area contributed by atoms with Crippen LogP contribution in [-0.4, -0.2) is 19.4 Å². The normalized spacial score (nSPS) is 10.3. The lowest BCUT2D eigenvalue weighted by Gasteiger charge is -2.10. The minimum absolute atomic E-state index is 0.0959. The Bertz CT molecular complexity index is 593. The highest BCUT2D eigenvalue weighted by atomic mass is 16.5. The monoisotopic (exact) mass is 269 g/mol. The molecule has 0 atom stereocenters. The number of Topliss-reactive ketones (excluding diaryl/α,β-unsaturated/α-hetero) is 1. The summed E-state index contributed by atoms with van der Waals surface area (Å²) >= 11 is 0. The lowest BCUT2D eigenvalue weighted by molar-refractivity contribution is 0.0991. The van der Waals surface area contributed by atoms with Crippen LogP contribution in [0.3, 0.4) is 0 Å². The van der Waals surface area contributed by atoms with E-state index in [1.54, 1.807) is 7.11 Å². The van der Waals surface area contributed by atoms with Crippen molar-refractivity contribution in [3.8, 4) is 5.75 Å². The first kappa shape index (κ1) is 14.3. The summed E-state index contributed by atoms with van der Waals surface area (Å²) in [6.07, 6.45) is 1.05. The molecule has 2 N–H and O–H groups in total. The summed E-state index contributed by atoms with van der Waals surface area (Å²) < 4.78 is 5.29. The maximum absolute atomic E-state index is 12.5. The van der Waals surface area contributed by atoms with Crippen LogP contribution in [0, 0.1) is 0 Å². The second-order valence-electron chi connectivity index (χ2n) is 4.61. The van der Waals surface area contributed by atoms with Crippen LogP contribution in [0.15, 0.2) is 48.5 Å². The minimum Gasteiger partial charge on any atom is -0.496 e. The van der Waals surface area contributed by atoms with E-state index in [2.05, 4.69) is 0 Å². The standard InChI is InChI=1S/C17H19NO2/c1-20-17-9-5-3-7-14(17)12-16(19)15-8-4-2-6-13(15)10-11-18/h2-9H,10-12,18H2,1H3. The summed E-state index contributed by atoms with van der Waals surface area (Å²) in [5, 5.41) is 0. The number of rotatable bonds is 6. The molecular weight excluding hydrogens is 250 g/mol. The van der Waals surface area contributed by atoms with E-state index in [-0.39, 0.29) is 5.78 Å². The molecule has 0 unspecified atom stereocenters. The van der Waals surface area contributed by atoms with Gasteiger partial charge in [-0.1, -0.05) is 42.5 Å². The van der Waals surface area contributed by atoms with Crippen molar-refractivity contribution in [3.05, 3.63) is 65.2 Å². The SMILES string of the molecule is COc1ccccc1CC(=O)c1ccccc1CCN. The Morgan fingerprint density at radius 1 is 1.05 bits per heavy atom. The van der Waals surface area contributed by atoms with Crippen LogP contribution in [-0.2, 0) is 12.8 Å². The van der Waals surface area contributed by atoms with Crippen LogP contribution in [0.4, 0.5) is 0 Å².